The van der Waals surface area contributed by atoms with Gasteiger partial charge in [0.1, 0.15) is 0 Å². The molecule has 4 rings (SSSR count). The monoisotopic (exact) mass is 627 g/mol. The SMILES string of the molecule is C=C(C)Cl.CCN(c1ccc(C(=O)NC2=CCC=C(Cl)C(c3nccc4ccccc34)=C2)c(C)c1)S(=O)N(C)C.CN. The number of hydrogen-bond donors (Lipinski definition) is 2. The summed E-state index contributed by atoms with van der Waals surface area (Å²) < 4.78 is 16.0. The largest absolute Gasteiger partial charge is 0.333 e. The van der Waals surface area contributed by atoms with Gasteiger partial charge < -0.3 is 11.1 Å². The normalized spacial score (nSPS) is 13.2. The van der Waals surface area contributed by atoms with E-state index in [1.54, 1.807) is 41.9 Å². The van der Waals surface area contributed by atoms with Gasteiger partial charge in [0, 0.05) is 59.1 Å². The highest BCUT2D eigenvalue weighted by Crippen LogP contribution is 2.33. The molecule has 1 aliphatic carbocycles. The molecule has 42 heavy (non-hydrogen) atoms. The number of halogens is 2. The zero-order valence-electron chi connectivity index (χ0n) is 24.9. The molecule has 10 heteroatoms. The van der Waals surface area contributed by atoms with E-state index >= 15 is 0 Å². The Balaban J connectivity index is 0.000000947. The van der Waals surface area contributed by atoms with Crippen molar-refractivity contribution in [3.05, 3.63) is 112 Å². The first-order valence-corrected chi connectivity index (χ1v) is 15.1. The van der Waals surface area contributed by atoms with Crippen molar-refractivity contribution in [2.24, 2.45) is 5.73 Å². The topological polar surface area (TPSA) is 91.6 Å². The quantitative estimate of drug-likeness (QED) is 0.293. The Morgan fingerprint density at radius 2 is 1.81 bits per heavy atom. The van der Waals surface area contributed by atoms with Crippen LogP contribution in [-0.2, 0) is 11.2 Å². The maximum absolute atomic E-state index is 13.2. The van der Waals surface area contributed by atoms with Crippen LogP contribution in [0.3, 0.4) is 0 Å². The third kappa shape index (κ3) is 9.37. The predicted molar refractivity (Wildman–Crippen MR) is 181 cm³/mol. The van der Waals surface area contributed by atoms with Crippen LogP contribution in [0.4, 0.5) is 5.69 Å². The minimum atomic E-state index is -1.30. The number of amides is 1. The second kappa shape index (κ2) is 17.0. The number of carbonyl (C=O) groups excluding carboxylic acids is 1. The summed E-state index contributed by atoms with van der Waals surface area (Å²) in [6.45, 7) is 9.46. The number of benzene rings is 2. The lowest BCUT2D eigenvalue weighted by Crippen LogP contribution is -2.34. The number of pyridine rings is 1. The van der Waals surface area contributed by atoms with E-state index in [9.17, 15) is 9.00 Å². The van der Waals surface area contributed by atoms with E-state index in [-0.39, 0.29) is 5.91 Å². The Bertz CT molecular complexity index is 1520. The molecule has 3 N–H and O–H groups in total. The van der Waals surface area contributed by atoms with Gasteiger partial charge in [0.25, 0.3) is 5.91 Å². The summed E-state index contributed by atoms with van der Waals surface area (Å²) in [5.74, 6) is -0.221. The summed E-state index contributed by atoms with van der Waals surface area (Å²) >= 11 is 10.4. The molecular weight excluding hydrogens is 589 g/mol. The lowest BCUT2D eigenvalue weighted by atomic mass is 10.0. The standard InChI is InChI=1S/C28H29ClN4O2S.C3H5Cl.CH5N/c1-5-33(36(35)32(3)4)22-13-14-23(19(2)17-22)28(34)31-21-10-8-12-26(29)25(18-21)27-24-11-7-6-9-20(24)15-16-30-27;1-3(2)4;1-2/h6-7,9-18H,5,8H2,1-4H3,(H,31,34);1H2,2H3;2H2,1H3. The maximum atomic E-state index is 13.2. The van der Waals surface area contributed by atoms with Crippen molar-refractivity contribution < 1.29 is 9.00 Å². The molecule has 1 unspecified atom stereocenters. The van der Waals surface area contributed by atoms with E-state index in [4.69, 9.17) is 23.2 Å². The second-order valence-electron chi connectivity index (χ2n) is 9.25. The smallest absolute Gasteiger partial charge is 0.255 e. The molecule has 1 atom stereocenters. The number of nitrogens with two attached hydrogens (primary N) is 1. The molecule has 0 aliphatic heterocycles. The molecule has 0 bridgehead atoms. The van der Waals surface area contributed by atoms with Crippen molar-refractivity contribution >= 4 is 62.3 Å². The summed E-state index contributed by atoms with van der Waals surface area (Å²) in [6, 6.07) is 15.5. The fourth-order valence-corrected chi connectivity index (χ4v) is 5.26. The number of nitrogens with zero attached hydrogens (tertiary/aromatic N) is 3. The molecular formula is C32H39Cl2N5O2S. The number of allylic oxidation sites excluding steroid dienone is 6. The van der Waals surface area contributed by atoms with Gasteiger partial charge >= 0.3 is 0 Å². The summed E-state index contributed by atoms with van der Waals surface area (Å²) in [7, 11) is 5.04. The first kappa shape index (κ1) is 34.9. The molecule has 0 radical (unpaired) electrons. The molecule has 1 aliphatic rings. The van der Waals surface area contributed by atoms with Gasteiger partial charge in [0.05, 0.1) is 11.4 Å². The van der Waals surface area contributed by atoms with Crippen LogP contribution in [-0.4, -0.2) is 47.1 Å². The Kier molecular flexibility index (Phi) is 14.1. The van der Waals surface area contributed by atoms with Crippen LogP contribution in [0.1, 0.15) is 41.9 Å². The first-order chi connectivity index (χ1) is 20.0. The average Bonchev–Trinajstić information content (AvgIpc) is 3.14. The highest BCUT2D eigenvalue weighted by molar-refractivity contribution is 7.84. The third-order valence-corrected chi connectivity index (χ3v) is 7.74. The number of carbonyl (C=O) groups is 1. The van der Waals surface area contributed by atoms with Gasteiger partial charge in [-0.25, -0.2) is 8.51 Å². The molecule has 0 fully saturated rings. The van der Waals surface area contributed by atoms with Crippen LogP contribution in [0.5, 0.6) is 0 Å². The van der Waals surface area contributed by atoms with Gasteiger partial charge in [-0.1, -0.05) is 66.2 Å². The molecule has 2 aromatic carbocycles. The highest BCUT2D eigenvalue weighted by atomic mass is 35.5. The molecule has 0 saturated carbocycles. The first-order valence-electron chi connectivity index (χ1n) is 13.3. The molecule has 7 nitrogen and oxygen atoms in total. The van der Waals surface area contributed by atoms with Crippen LogP contribution < -0.4 is 15.4 Å². The molecule has 3 aromatic rings. The Labute approximate surface area is 262 Å². The second-order valence-corrected chi connectivity index (χ2v) is 11.9. The maximum Gasteiger partial charge on any atom is 0.255 e. The number of fused-ring (bicyclic) bond motifs is 1. The molecule has 224 valence electrons. The van der Waals surface area contributed by atoms with Gasteiger partial charge in [0.15, 0.2) is 11.2 Å². The number of aryl methyl sites for hydroxylation is 1. The average molecular weight is 629 g/mol. The molecule has 1 heterocycles. The Hall–Kier alpha value is -3.27. The van der Waals surface area contributed by atoms with Crippen molar-refractivity contribution in [3.8, 4) is 0 Å². The van der Waals surface area contributed by atoms with Crippen molar-refractivity contribution in [1.29, 1.82) is 0 Å². The number of aromatic nitrogens is 1. The molecule has 1 amide bonds. The lowest BCUT2D eigenvalue weighted by molar-refractivity contribution is 0.0966. The lowest BCUT2D eigenvalue weighted by Gasteiger charge is -2.25. The molecule has 0 saturated heterocycles. The fourth-order valence-electron chi connectivity index (χ4n) is 4.12. The predicted octanol–water partition coefficient (Wildman–Crippen LogP) is 7.07. The van der Waals surface area contributed by atoms with Crippen molar-refractivity contribution in [1.82, 2.24) is 14.6 Å². The molecule has 0 spiro atoms. The minimum absolute atomic E-state index is 0.221. The van der Waals surface area contributed by atoms with Gasteiger partial charge in [-0.2, -0.15) is 0 Å². The number of anilines is 1. The zero-order valence-corrected chi connectivity index (χ0v) is 27.3. The number of nitrogens with one attached hydrogen (secondary N) is 1. The van der Waals surface area contributed by atoms with Gasteiger partial charge in [-0.3, -0.25) is 14.1 Å². The van der Waals surface area contributed by atoms with Crippen LogP contribution >= 0.6 is 23.2 Å². The highest BCUT2D eigenvalue weighted by Gasteiger charge is 2.19. The Morgan fingerprint density at radius 3 is 2.43 bits per heavy atom. The van der Waals surface area contributed by atoms with Gasteiger partial charge in [0.2, 0.25) is 0 Å². The number of rotatable bonds is 7. The Morgan fingerprint density at radius 1 is 1.14 bits per heavy atom. The van der Waals surface area contributed by atoms with Crippen LogP contribution in [0.2, 0.25) is 0 Å². The van der Waals surface area contributed by atoms with Gasteiger partial charge in [-0.05, 0) is 75.5 Å². The third-order valence-electron chi connectivity index (χ3n) is 5.91. The van der Waals surface area contributed by atoms with E-state index in [2.05, 4.69) is 22.6 Å². The summed E-state index contributed by atoms with van der Waals surface area (Å²) in [6.07, 6.45) is 8.07. The van der Waals surface area contributed by atoms with E-state index in [0.29, 0.717) is 34.3 Å². The van der Waals surface area contributed by atoms with Crippen LogP contribution in [0.15, 0.2) is 95.3 Å². The summed E-state index contributed by atoms with van der Waals surface area (Å²) in [4.78, 5) is 17.9. The van der Waals surface area contributed by atoms with E-state index < -0.39 is 11.2 Å². The molecule has 1 aromatic heterocycles. The van der Waals surface area contributed by atoms with Gasteiger partial charge in [-0.15, -0.1) is 0 Å². The van der Waals surface area contributed by atoms with E-state index in [1.807, 2.05) is 74.5 Å². The number of hydrogen-bond acceptors (Lipinski definition) is 4. The minimum Gasteiger partial charge on any atom is -0.333 e. The van der Waals surface area contributed by atoms with Crippen LogP contribution in [0, 0.1) is 6.92 Å². The zero-order chi connectivity index (χ0) is 31.4. The van der Waals surface area contributed by atoms with Crippen molar-refractivity contribution in [2.75, 3.05) is 32.0 Å². The summed E-state index contributed by atoms with van der Waals surface area (Å²) in [5.41, 5.74) is 8.83. The van der Waals surface area contributed by atoms with Crippen molar-refractivity contribution in [3.63, 3.8) is 0 Å². The summed E-state index contributed by atoms with van der Waals surface area (Å²) in [5, 5.41) is 6.32. The van der Waals surface area contributed by atoms with Crippen LogP contribution in [0.25, 0.3) is 16.3 Å². The van der Waals surface area contributed by atoms with E-state index in [1.165, 1.54) is 7.05 Å². The fraction of sp³-hybridized carbons (Fsp3) is 0.250. The van der Waals surface area contributed by atoms with E-state index in [0.717, 1.165) is 33.3 Å². The van der Waals surface area contributed by atoms with Crippen molar-refractivity contribution in [2.45, 2.75) is 27.2 Å².